The lowest BCUT2D eigenvalue weighted by Crippen LogP contribution is -2.17. The smallest absolute Gasteiger partial charge is 0.154 e. The van der Waals surface area contributed by atoms with Gasteiger partial charge >= 0.3 is 0 Å². The second-order valence-electron chi connectivity index (χ2n) is 5.52. The molecule has 4 rings (SSSR count). The molecule has 0 aliphatic rings. The third kappa shape index (κ3) is 2.63. The minimum absolute atomic E-state index is 0.189. The van der Waals surface area contributed by atoms with Gasteiger partial charge in [-0.1, -0.05) is 34.7 Å². The Morgan fingerprint density at radius 2 is 1.58 bits per heavy atom. The molecule has 2 aromatic carbocycles. The van der Waals surface area contributed by atoms with Gasteiger partial charge in [0.15, 0.2) is 6.23 Å². The predicted octanol–water partition coefficient (Wildman–Crippen LogP) is 2.80. The Balaban J connectivity index is 1.60. The fourth-order valence-corrected chi connectivity index (χ4v) is 2.88. The summed E-state index contributed by atoms with van der Waals surface area (Å²) in [5.74, 6) is 0. The molecule has 0 aliphatic heterocycles. The summed E-state index contributed by atoms with van der Waals surface area (Å²) >= 11 is 0. The first-order valence-electron chi connectivity index (χ1n) is 8.06. The third-order valence-corrected chi connectivity index (χ3v) is 4.02. The van der Waals surface area contributed by atoms with Crippen molar-refractivity contribution < 1.29 is 4.74 Å². The monoisotopic (exact) mass is 322 g/mol. The lowest BCUT2D eigenvalue weighted by molar-refractivity contribution is -0.00587. The molecule has 0 saturated carbocycles. The maximum absolute atomic E-state index is 5.90. The van der Waals surface area contributed by atoms with Gasteiger partial charge in [0, 0.05) is 19.6 Å². The summed E-state index contributed by atoms with van der Waals surface area (Å²) in [6.45, 7) is 3.29. The van der Waals surface area contributed by atoms with Crippen LogP contribution < -0.4 is 0 Å². The molecule has 122 valence electrons. The van der Waals surface area contributed by atoms with Gasteiger partial charge in [0.25, 0.3) is 0 Å². The van der Waals surface area contributed by atoms with Crippen molar-refractivity contribution in [3.05, 3.63) is 48.5 Å². The quantitative estimate of drug-likeness (QED) is 0.546. The van der Waals surface area contributed by atoms with Gasteiger partial charge in [0.05, 0.1) is 11.0 Å². The van der Waals surface area contributed by atoms with E-state index >= 15 is 0 Å². The van der Waals surface area contributed by atoms with Gasteiger partial charge in [-0.2, -0.15) is 0 Å². The van der Waals surface area contributed by atoms with Gasteiger partial charge in [-0.15, -0.1) is 10.2 Å². The van der Waals surface area contributed by atoms with E-state index in [4.69, 9.17) is 4.74 Å². The van der Waals surface area contributed by atoms with E-state index in [-0.39, 0.29) is 6.23 Å². The lowest BCUT2D eigenvalue weighted by atomic mass is 10.3. The minimum Gasteiger partial charge on any atom is -0.357 e. The number of benzene rings is 2. The standard InChI is InChI=1S/C17H18N6O/c1-2-24-17(23-16-10-6-4-8-14(16)19-21-23)11-12-22-15-9-5-3-7-13(15)18-20-22/h3-10,17H,2,11-12H2,1H3. The molecule has 24 heavy (non-hydrogen) atoms. The van der Waals surface area contributed by atoms with Crippen molar-refractivity contribution in [2.45, 2.75) is 26.1 Å². The highest BCUT2D eigenvalue weighted by molar-refractivity contribution is 5.74. The maximum Gasteiger partial charge on any atom is 0.154 e. The van der Waals surface area contributed by atoms with Gasteiger partial charge in [-0.25, -0.2) is 9.36 Å². The predicted molar refractivity (Wildman–Crippen MR) is 90.3 cm³/mol. The van der Waals surface area contributed by atoms with Crippen molar-refractivity contribution in [1.82, 2.24) is 30.0 Å². The van der Waals surface area contributed by atoms with Crippen LogP contribution in [-0.2, 0) is 11.3 Å². The molecule has 1 unspecified atom stereocenters. The molecule has 0 bridgehead atoms. The van der Waals surface area contributed by atoms with Crippen molar-refractivity contribution in [2.75, 3.05) is 6.61 Å². The Hall–Kier alpha value is -2.80. The van der Waals surface area contributed by atoms with Gasteiger partial charge in [-0.3, -0.25) is 0 Å². The van der Waals surface area contributed by atoms with Crippen molar-refractivity contribution in [1.29, 1.82) is 0 Å². The number of nitrogens with zero attached hydrogens (tertiary/aromatic N) is 6. The summed E-state index contributed by atoms with van der Waals surface area (Å²) in [4.78, 5) is 0. The van der Waals surface area contributed by atoms with Crippen molar-refractivity contribution in [3.63, 3.8) is 0 Å². The topological polar surface area (TPSA) is 70.7 Å². The molecule has 7 heteroatoms. The maximum atomic E-state index is 5.90. The Kier molecular flexibility index (Phi) is 3.92. The first-order chi connectivity index (χ1) is 11.9. The van der Waals surface area contributed by atoms with Crippen LogP contribution in [0.2, 0.25) is 0 Å². The number of hydrogen-bond donors (Lipinski definition) is 0. The molecule has 0 N–H and O–H groups in total. The van der Waals surface area contributed by atoms with Crippen molar-refractivity contribution in [2.24, 2.45) is 0 Å². The van der Waals surface area contributed by atoms with E-state index in [1.165, 1.54) is 0 Å². The van der Waals surface area contributed by atoms with E-state index in [9.17, 15) is 0 Å². The molecular weight excluding hydrogens is 304 g/mol. The van der Waals surface area contributed by atoms with Crippen LogP contribution in [0.3, 0.4) is 0 Å². The highest BCUT2D eigenvalue weighted by Gasteiger charge is 2.16. The largest absolute Gasteiger partial charge is 0.357 e. The molecule has 0 fully saturated rings. The number of ether oxygens (including phenoxy) is 1. The van der Waals surface area contributed by atoms with E-state index < -0.39 is 0 Å². The first-order valence-corrected chi connectivity index (χ1v) is 8.06. The van der Waals surface area contributed by atoms with Gasteiger partial charge in [0.2, 0.25) is 0 Å². The minimum atomic E-state index is -0.189. The molecule has 2 aromatic heterocycles. The fraction of sp³-hybridized carbons (Fsp3) is 0.294. The second-order valence-corrected chi connectivity index (χ2v) is 5.52. The third-order valence-electron chi connectivity index (χ3n) is 4.02. The summed E-state index contributed by atoms with van der Waals surface area (Å²) in [6.07, 6.45) is 0.541. The second kappa shape index (κ2) is 6.37. The summed E-state index contributed by atoms with van der Waals surface area (Å²) in [6, 6.07) is 15.8. The Labute approximate surface area is 138 Å². The van der Waals surface area contributed by atoms with Gasteiger partial charge < -0.3 is 4.74 Å². The zero-order chi connectivity index (χ0) is 16.4. The molecule has 0 amide bonds. The summed E-state index contributed by atoms with van der Waals surface area (Å²) in [5.41, 5.74) is 3.76. The van der Waals surface area contributed by atoms with E-state index in [0.29, 0.717) is 13.2 Å². The Morgan fingerprint density at radius 1 is 0.917 bits per heavy atom. The van der Waals surface area contributed by atoms with Crippen LogP contribution in [0.5, 0.6) is 0 Å². The van der Waals surface area contributed by atoms with Crippen LogP contribution in [0.25, 0.3) is 22.1 Å². The molecule has 2 heterocycles. The number of aryl methyl sites for hydroxylation is 1. The van der Waals surface area contributed by atoms with Crippen LogP contribution in [0.15, 0.2) is 48.5 Å². The zero-order valence-electron chi connectivity index (χ0n) is 13.4. The van der Waals surface area contributed by atoms with Crippen molar-refractivity contribution >= 4 is 22.1 Å². The van der Waals surface area contributed by atoms with Crippen LogP contribution in [0, 0.1) is 0 Å². The average molecular weight is 322 g/mol. The first kappa shape index (κ1) is 14.8. The van der Waals surface area contributed by atoms with Crippen LogP contribution in [0.4, 0.5) is 0 Å². The van der Waals surface area contributed by atoms with Gasteiger partial charge in [-0.05, 0) is 31.2 Å². The molecule has 7 nitrogen and oxygen atoms in total. The molecular formula is C17H18N6O. The molecule has 1 atom stereocenters. The SMILES string of the molecule is CCOC(CCn1nnc2ccccc21)n1nnc2ccccc21. The van der Waals surface area contributed by atoms with Crippen LogP contribution >= 0.6 is 0 Å². The number of rotatable bonds is 6. The summed E-state index contributed by atoms with van der Waals surface area (Å²) < 4.78 is 9.65. The zero-order valence-corrected chi connectivity index (χ0v) is 13.4. The molecule has 0 spiro atoms. The summed E-state index contributed by atoms with van der Waals surface area (Å²) in [5, 5.41) is 16.9. The molecule has 0 radical (unpaired) electrons. The van der Waals surface area contributed by atoms with E-state index in [1.807, 2.05) is 64.8 Å². The Bertz CT molecular complexity index is 960. The number of para-hydroxylation sites is 2. The van der Waals surface area contributed by atoms with Crippen molar-refractivity contribution in [3.8, 4) is 0 Å². The molecule has 0 saturated heterocycles. The van der Waals surface area contributed by atoms with Gasteiger partial charge in [0.1, 0.15) is 11.0 Å². The van der Waals surface area contributed by atoms with Crippen LogP contribution in [-0.4, -0.2) is 36.6 Å². The van der Waals surface area contributed by atoms with Crippen LogP contribution in [0.1, 0.15) is 19.6 Å². The number of fused-ring (bicyclic) bond motifs is 2. The van der Waals surface area contributed by atoms with E-state index in [1.54, 1.807) is 0 Å². The lowest BCUT2D eigenvalue weighted by Gasteiger charge is -2.17. The fourth-order valence-electron chi connectivity index (χ4n) is 2.88. The summed E-state index contributed by atoms with van der Waals surface area (Å²) in [7, 11) is 0. The Morgan fingerprint density at radius 3 is 2.38 bits per heavy atom. The highest BCUT2D eigenvalue weighted by atomic mass is 16.5. The molecule has 0 aliphatic carbocycles. The van der Waals surface area contributed by atoms with E-state index in [2.05, 4.69) is 20.6 Å². The number of aromatic nitrogens is 6. The average Bonchev–Trinajstić information content (AvgIpc) is 3.23. The van der Waals surface area contributed by atoms with E-state index in [0.717, 1.165) is 28.5 Å². The highest BCUT2D eigenvalue weighted by Crippen LogP contribution is 2.21. The normalized spacial score (nSPS) is 12.9. The molecule has 4 aromatic rings. The number of hydrogen-bond acceptors (Lipinski definition) is 5.